The Kier molecular flexibility index (Phi) is 3.99. The molecule has 2 fully saturated rings. The van der Waals surface area contributed by atoms with Crippen LogP contribution in [0.1, 0.15) is 53.8 Å². The molecule has 0 N–H and O–H groups in total. The van der Waals surface area contributed by atoms with Gasteiger partial charge in [0.25, 0.3) is 5.91 Å². The van der Waals surface area contributed by atoms with Crippen LogP contribution in [0.4, 0.5) is 5.69 Å². The average Bonchev–Trinajstić information content (AvgIpc) is 3.34. The fourth-order valence-electron chi connectivity index (χ4n) is 3.62. The topological polar surface area (TPSA) is 79.5 Å². The average molecular weight is 340 g/mol. The van der Waals surface area contributed by atoms with Crippen molar-refractivity contribution in [1.29, 1.82) is 0 Å². The van der Waals surface area contributed by atoms with Gasteiger partial charge < -0.3 is 14.3 Å². The third-order valence-electron chi connectivity index (χ3n) is 4.83. The van der Waals surface area contributed by atoms with Gasteiger partial charge in [0.1, 0.15) is 0 Å². The molecule has 0 spiro atoms. The van der Waals surface area contributed by atoms with Crippen LogP contribution in [0.15, 0.2) is 28.8 Å². The van der Waals surface area contributed by atoms with Crippen LogP contribution < -0.4 is 4.90 Å². The van der Waals surface area contributed by atoms with Gasteiger partial charge in [0.15, 0.2) is 5.82 Å². The van der Waals surface area contributed by atoms with E-state index in [1.165, 1.54) is 0 Å². The van der Waals surface area contributed by atoms with E-state index in [4.69, 9.17) is 4.52 Å². The number of rotatable bonds is 3. The van der Waals surface area contributed by atoms with E-state index in [0.29, 0.717) is 36.8 Å². The van der Waals surface area contributed by atoms with Crippen molar-refractivity contribution in [3.8, 4) is 0 Å². The predicted molar refractivity (Wildman–Crippen MR) is 90.1 cm³/mol. The molecule has 0 saturated carbocycles. The number of likely N-dealkylation sites (tertiary alicyclic amines) is 1. The van der Waals surface area contributed by atoms with Gasteiger partial charge in [-0.3, -0.25) is 9.59 Å². The van der Waals surface area contributed by atoms with Crippen molar-refractivity contribution in [1.82, 2.24) is 15.0 Å². The normalized spacial score (nSPS) is 20.5. The number of carbonyl (C=O) groups excluding carboxylic acids is 2. The van der Waals surface area contributed by atoms with Gasteiger partial charge in [-0.25, -0.2) is 0 Å². The summed E-state index contributed by atoms with van der Waals surface area (Å²) in [4.78, 5) is 32.8. The monoisotopic (exact) mass is 340 g/mol. The Hall–Kier alpha value is -2.70. The molecule has 4 rings (SSSR count). The molecule has 1 aromatic carbocycles. The number of amides is 2. The third-order valence-corrected chi connectivity index (χ3v) is 4.83. The summed E-state index contributed by atoms with van der Waals surface area (Å²) in [7, 11) is 0. The lowest BCUT2D eigenvalue weighted by atomic mass is 10.1. The zero-order valence-electron chi connectivity index (χ0n) is 14.1. The van der Waals surface area contributed by atoms with E-state index in [1.807, 2.05) is 18.2 Å². The molecule has 2 saturated heterocycles. The number of nitrogens with zero attached hydrogens (tertiary/aromatic N) is 4. The summed E-state index contributed by atoms with van der Waals surface area (Å²) < 4.78 is 5.07. The highest BCUT2D eigenvalue weighted by Crippen LogP contribution is 2.32. The molecular formula is C18H20N4O3. The van der Waals surface area contributed by atoms with Gasteiger partial charge in [-0.1, -0.05) is 11.2 Å². The van der Waals surface area contributed by atoms with Gasteiger partial charge in [-0.15, -0.1) is 0 Å². The van der Waals surface area contributed by atoms with E-state index in [0.717, 1.165) is 24.9 Å². The first-order valence-corrected chi connectivity index (χ1v) is 8.65. The number of aryl methyl sites for hydroxylation is 1. The van der Waals surface area contributed by atoms with E-state index in [1.54, 1.807) is 22.8 Å². The maximum atomic E-state index is 13.0. The van der Waals surface area contributed by atoms with Crippen LogP contribution in [0, 0.1) is 6.92 Å². The molecule has 0 aliphatic carbocycles. The van der Waals surface area contributed by atoms with Crippen molar-refractivity contribution in [2.75, 3.05) is 18.0 Å². The highest BCUT2D eigenvalue weighted by Gasteiger charge is 2.34. The van der Waals surface area contributed by atoms with Crippen LogP contribution in [0.25, 0.3) is 0 Å². The van der Waals surface area contributed by atoms with E-state index >= 15 is 0 Å². The standard InChI is InChI=1S/C18H20N4O3/c1-12-19-17(20-25-12)15-7-3-10-22(15)18(24)13-5-2-6-14(11-13)21-9-4-8-16(21)23/h2,5-6,11,15H,3-4,7-10H2,1H3/t15-/m1/s1. The van der Waals surface area contributed by atoms with Gasteiger partial charge in [0.2, 0.25) is 11.8 Å². The fraction of sp³-hybridized carbons (Fsp3) is 0.444. The molecule has 3 heterocycles. The fourth-order valence-corrected chi connectivity index (χ4v) is 3.62. The number of hydrogen-bond acceptors (Lipinski definition) is 5. The second-order valence-corrected chi connectivity index (χ2v) is 6.53. The summed E-state index contributed by atoms with van der Waals surface area (Å²) in [5.74, 6) is 1.13. The van der Waals surface area contributed by atoms with Crippen molar-refractivity contribution in [2.45, 2.75) is 38.6 Å². The number of anilines is 1. The maximum Gasteiger partial charge on any atom is 0.254 e. The zero-order valence-corrected chi connectivity index (χ0v) is 14.1. The molecule has 1 aromatic heterocycles. The minimum atomic E-state index is -0.151. The smallest absolute Gasteiger partial charge is 0.254 e. The predicted octanol–water partition coefficient (Wildman–Crippen LogP) is 2.48. The lowest BCUT2D eigenvalue weighted by Crippen LogP contribution is -2.31. The summed E-state index contributed by atoms with van der Waals surface area (Å²) in [6, 6.07) is 7.16. The molecule has 2 aromatic rings. The molecule has 0 unspecified atom stereocenters. The summed E-state index contributed by atoms with van der Waals surface area (Å²) >= 11 is 0. The Morgan fingerprint density at radius 1 is 1.28 bits per heavy atom. The lowest BCUT2D eigenvalue weighted by Gasteiger charge is -2.23. The first-order chi connectivity index (χ1) is 12.1. The summed E-state index contributed by atoms with van der Waals surface area (Å²) in [5.41, 5.74) is 1.38. The number of benzene rings is 1. The summed E-state index contributed by atoms with van der Waals surface area (Å²) in [6.45, 7) is 3.13. The molecule has 2 amide bonds. The molecule has 0 bridgehead atoms. The highest BCUT2D eigenvalue weighted by molar-refractivity contribution is 5.99. The quantitative estimate of drug-likeness (QED) is 0.857. The molecule has 2 aliphatic rings. The van der Waals surface area contributed by atoms with Gasteiger partial charge >= 0.3 is 0 Å². The zero-order chi connectivity index (χ0) is 17.4. The van der Waals surface area contributed by atoms with Crippen molar-refractivity contribution in [2.24, 2.45) is 0 Å². The second-order valence-electron chi connectivity index (χ2n) is 6.53. The first-order valence-electron chi connectivity index (χ1n) is 8.65. The maximum absolute atomic E-state index is 13.0. The van der Waals surface area contributed by atoms with E-state index < -0.39 is 0 Å². The Labute approximate surface area is 145 Å². The van der Waals surface area contributed by atoms with E-state index in [2.05, 4.69) is 10.1 Å². The van der Waals surface area contributed by atoms with Crippen LogP contribution in [0.3, 0.4) is 0 Å². The van der Waals surface area contributed by atoms with Gasteiger partial charge in [-0.2, -0.15) is 4.98 Å². The van der Waals surface area contributed by atoms with Crippen molar-refractivity contribution >= 4 is 17.5 Å². The van der Waals surface area contributed by atoms with E-state index in [-0.39, 0.29) is 17.9 Å². The molecule has 25 heavy (non-hydrogen) atoms. The van der Waals surface area contributed by atoms with Crippen LogP contribution in [0.5, 0.6) is 0 Å². The Bertz CT molecular complexity index is 816. The minimum Gasteiger partial charge on any atom is -0.340 e. The number of aromatic nitrogens is 2. The third kappa shape index (κ3) is 2.90. The van der Waals surface area contributed by atoms with Crippen LogP contribution in [-0.4, -0.2) is 39.9 Å². The van der Waals surface area contributed by atoms with Crippen LogP contribution >= 0.6 is 0 Å². The molecule has 130 valence electrons. The van der Waals surface area contributed by atoms with Gasteiger partial charge in [-0.05, 0) is 37.5 Å². The van der Waals surface area contributed by atoms with Crippen LogP contribution in [0.2, 0.25) is 0 Å². The van der Waals surface area contributed by atoms with Crippen molar-refractivity contribution in [3.05, 3.63) is 41.5 Å². The highest BCUT2D eigenvalue weighted by atomic mass is 16.5. The SMILES string of the molecule is Cc1nc([C@H]2CCCN2C(=O)c2cccc(N3CCCC3=O)c2)no1. The van der Waals surface area contributed by atoms with Gasteiger partial charge in [0, 0.05) is 37.7 Å². The minimum absolute atomic E-state index is 0.0570. The van der Waals surface area contributed by atoms with E-state index in [9.17, 15) is 9.59 Å². The first kappa shape index (κ1) is 15.8. The Morgan fingerprint density at radius 3 is 2.88 bits per heavy atom. The summed E-state index contributed by atoms with van der Waals surface area (Å²) in [5, 5.41) is 3.98. The van der Waals surface area contributed by atoms with Gasteiger partial charge in [0.05, 0.1) is 6.04 Å². The Balaban J connectivity index is 1.59. The Morgan fingerprint density at radius 2 is 2.16 bits per heavy atom. The van der Waals surface area contributed by atoms with Crippen LogP contribution in [-0.2, 0) is 4.79 Å². The lowest BCUT2D eigenvalue weighted by molar-refractivity contribution is -0.117. The largest absolute Gasteiger partial charge is 0.340 e. The molecule has 1 atom stereocenters. The van der Waals surface area contributed by atoms with Crippen molar-refractivity contribution in [3.63, 3.8) is 0 Å². The summed E-state index contributed by atoms with van der Waals surface area (Å²) in [6.07, 6.45) is 3.18. The molecule has 7 heteroatoms. The molecular weight excluding hydrogens is 320 g/mol. The number of carbonyl (C=O) groups is 2. The number of hydrogen-bond donors (Lipinski definition) is 0. The molecule has 0 radical (unpaired) electrons. The second kappa shape index (κ2) is 6.31. The molecule has 2 aliphatic heterocycles. The van der Waals surface area contributed by atoms with Crippen molar-refractivity contribution < 1.29 is 14.1 Å². The molecule has 7 nitrogen and oxygen atoms in total.